The second kappa shape index (κ2) is 5.27. The molecule has 1 rings (SSSR count). The summed E-state index contributed by atoms with van der Waals surface area (Å²) < 4.78 is 25.3. The van der Waals surface area contributed by atoms with Crippen LogP contribution in [-0.2, 0) is 0 Å². The number of benzene rings is 1. The van der Waals surface area contributed by atoms with Crippen molar-refractivity contribution in [3.05, 3.63) is 35.4 Å². The summed E-state index contributed by atoms with van der Waals surface area (Å²) in [7, 11) is 0. The highest BCUT2D eigenvalue weighted by Crippen LogP contribution is 2.20. The van der Waals surface area contributed by atoms with Gasteiger partial charge in [-0.15, -0.1) is 12.4 Å². The van der Waals surface area contributed by atoms with E-state index in [1.165, 1.54) is 6.07 Å². The fraction of sp³-hybridized carbons (Fsp3) is 0.400. The minimum Gasteiger partial charge on any atom is -0.324 e. The van der Waals surface area contributed by atoms with Crippen molar-refractivity contribution in [2.75, 3.05) is 0 Å². The molecule has 0 saturated heterocycles. The normalized spacial score (nSPS) is 12.4. The fourth-order valence-corrected chi connectivity index (χ4v) is 1.10. The van der Waals surface area contributed by atoms with Crippen molar-refractivity contribution in [2.24, 2.45) is 11.7 Å². The number of nitrogens with two attached hydrogens (primary N) is 1. The summed E-state index contributed by atoms with van der Waals surface area (Å²) in [6.45, 7) is 3.87. The van der Waals surface area contributed by atoms with E-state index in [9.17, 15) is 8.78 Å². The number of rotatable bonds is 2. The Morgan fingerprint density at radius 1 is 1.14 bits per heavy atom. The maximum Gasteiger partial charge on any atom is 0.159 e. The molecule has 4 heteroatoms. The summed E-state index contributed by atoms with van der Waals surface area (Å²) in [5.74, 6) is -1.46. The molecule has 0 saturated carbocycles. The van der Waals surface area contributed by atoms with E-state index in [0.717, 1.165) is 12.1 Å². The van der Waals surface area contributed by atoms with E-state index in [0.29, 0.717) is 5.56 Å². The Kier molecular flexibility index (Phi) is 5.02. The summed E-state index contributed by atoms with van der Waals surface area (Å²) in [6, 6.07) is 3.53. The Bertz CT molecular complexity index is 302. The van der Waals surface area contributed by atoms with Crippen molar-refractivity contribution in [2.45, 2.75) is 19.9 Å². The van der Waals surface area contributed by atoms with Gasteiger partial charge in [0, 0.05) is 6.04 Å². The van der Waals surface area contributed by atoms with Gasteiger partial charge in [0.1, 0.15) is 0 Å². The summed E-state index contributed by atoms with van der Waals surface area (Å²) in [5.41, 5.74) is 6.40. The van der Waals surface area contributed by atoms with E-state index in [-0.39, 0.29) is 24.4 Å². The van der Waals surface area contributed by atoms with Crippen molar-refractivity contribution in [3.63, 3.8) is 0 Å². The molecule has 1 atom stereocenters. The van der Waals surface area contributed by atoms with Crippen LogP contribution in [0, 0.1) is 17.6 Å². The van der Waals surface area contributed by atoms with Crippen LogP contribution in [0.15, 0.2) is 18.2 Å². The standard InChI is InChI=1S/C10H13F2N.ClH/c1-6(2)10(13)7-3-4-8(11)9(12)5-7;/h3-6,10H,13H2,1-2H3;1H. The first-order chi connectivity index (χ1) is 6.02. The van der Waals surface area contributed by atoms with E-state index < -0.39 is 11.6 Å². The van der Waals surface area contributed by atoms with Crippen LogP contribution in [0.25, 0.3) is 0 Å². The first-order valence-electron chi connectivity index (χ1n) is 4.23. The molecule has 0 radical (unpaired) electrons. The van der Waals surface area contributed by atoms with Crippen LogP contribution in [0.1, 0.15) is 25.5 Å². The lowest BCUT2D eigenvalue weighted by Gasteiger charge is -2.15. The van der Waals surface area contributed by atoms with Gasteiger partial charge < -0.3 is 5.73 Å². The number of halogens is 3. The van der Waals surface area contributed by atoms with Crippen molar-refractivity contribution < 1.29 is 8.78 Å². The third kappa shape index (κ3) is 2.93. The lowest BCUT2D eigenvalue weighted by molar-refractivity contribution is 0.488. The minimum absolute atomic E-state index is 0. The largest absolute Gasteiger partial charge is 0.324 e. The molecule has 0 spiro atoms. The second-order valence-electron chi connectivity index (χ2n) is 3.44. The molecule has 0 bridgehead atoms. The van der Waals surface area contributed by atoms with E-state index >= 15 is 0 Å². The van der Waals surface area contributed by atoms with Gasteiger partial charge in [0.2, 0.25) is 0 Å². The number of hydrogen-bond acceptors (Lipinski definition) is 1. The van der Waals surface area contributed by atoms with Gasteiger partial charge in [-0.2, -0.15) is 0 Å². The van der Waals surface area contributed by atoms with E-state index in [4.69, 9.17) is 5.73 Å². The molecule has 0 aliphatic heterocycles. The molecule has 2 N–H and O–H groups in total. The molecule has 1 aromatic carbocycles. The molecule has 0 fully saturated rings. The maximum atomic E-state index is 12.8. The Morgan fingerprint density at radius 2 is 1.71 bits per heavy atom. The topological polar surface area (TPSA) is 26.0 Å². The molecule has 0 aliphatic rings. The van der Waals surface area contributed by atoms with Crippen molar-refractivity contribution in [1.29, 1.82) is 0 Å². The van der Waals surface area contributed by atoms with Crippen molar-refractivity contribution >= 4 is 12.4 Å². The van der Waals surface area contributed by atoms with E-state index in [1.807, 2.05) is 13.8 Å². The quantitative estimate of drug-likeness (QED) is 0.816. The Hall–Kier alpha value is -0.670. The van der Waals surface area contributed by atoms with Crippen LogP contribution >= 0.6 is 12.4 Å². The second-order valence-corrected chi connectivity index (χ2v) is 3.44. The Morgan fingerprint density at radius 3 is 2.14 bits per heavy atom. The Labute approximate surface area is 88.7 Å². The average Bonchev–Trinajstić information content (AvgIpc) is 2.08. The Balaban J connectivity index is 0.00000169. The highest BCUT2D eigenvalue weighted by Gasteiger charge is 2.12. The molecule has 1 nitrogen and oxygen atoms in total. The van der Waals surface area contributed by atoms with Gasteiger partial charge in [0.05, 0.1) is 0 Å². The van der Waals surface area contributed by atoms with Crippen LogP contribution in [0.3, 0.4) is 0 Å². The summed E-state index contributed by atoms with van der Waals surface area (Å²) in [4.78, 5) is 0. The van der Waals surface area contributed by atoms with Crippen LogP contribution < -0.4 is 5.73 Å². The fourth-order valence-electron chi connectivity index (χ4n) is 1.10. The first kappa shape index (κ1) is 13.3. The average molecular weight is 222 g/mol. The van der Waals surface area contributed by atoms with E-state index in [2.05, 4.69) is 0 Å². The van der Waals surface area contributed by atoms with Crippen LogP contribution in [-0.4, -0.2) is 0 Å². The molecule has 80 valence electrons. The zero-order valence-electron chi connectivity index (χ0n) is 8.13. The zero-order valence-corrected chi connectivity index (χ0v) is 8.94. The molecule has 1 unspecified atom stereocenters. The zero-order chi connectivity index (χ0) is 10.0. The van der Waals surface area contributed by atoms with Crippen LogP contribution in [0.2, 0.25) is 0 Å². The highest BCUT2D eigenvalue weighted by molar-refractivity contribution is 5.85. The van der Waals surface area contributed by atoms with Gasteiger partial charge in [-0.1, -0.05) is 19.9 Å². The van der Waals surface area contributed by atoms with Gasteiger partial charge in [-0.05, 0) is 23.6 Å². The van der Waals surface area contributed by atoms with E-state index in [1.54, 1.807) is 0 Å². The minimum atomic E-state index is -0.839. The van der Waals surface area contributed by atoms with Gasteiger partial charge in [-0.3, -0.25) is 0 Å². The molecular weight excluding hydrogens is 208 g/mol. The summed E-state index contributed by atoms with van der Waals surface area (Å²) >= 11 is 0. The molecule has 0 heterocycles. The summed E-state index contributed by atoms with van der Waals surface area (Å²) in [5, 5.41) is 0. The molecular formula is C10H14ClF2N. The molecule has 1 aromatic rings. The van der Waals surface area contributed by atoms with Gasteiger partial charge >= 0.3 is 0 Å². The van der Waals surface area contributed by atoms with Crippen molar-refractivity contribution in [1.82, 2.24) is 0 Å². The smallest absolute Gasteiger partial charge is 0.159 e. The lowest BCUT2D eigenvalue weighted by Crippen LogP contribution is -2.16. The number of hydrogen-bond donors (Lipinski definition) is 1. The molecule has 0 amide bonds. The summed E-state index contributed by atoms with van der Waals surface area (Å²) in [6.07, 6.45) is 0. The SMILES string of the molecule is CC(C)C(N)c1ccc(F)c(F)c1.Cl. The highest BCUT2D eigenvalue weighted by atomic mass is 35.5. The molecule has 14 heavy (non-hydrogen) atoms. The monoisotopic (exact) mass is 221 g/mol. The third-order valence-corrected chi connectivity index (χ3v) is 2.05. The molecule has 0 aliphatic carbocycles. The third-order valence-electron chi connectivity index (χ3n) is 2.05. The van der Waals surface area contributed by atoms with Gasteiger partial charge in [0.25, 0.3) is 0 Å². The molecule has 0 aromatic heterocycles. The predicted molar refractivity (Wildman–Crippen MR) is 55.4 cm³/mol. The van der Waals surface area contributed by atoms with Gasteiger partial charge in [0.15, 0.2) is 11.6 Å². The lowest BCUT2D eigenvalue weighted by atomic mass is 9.97. The van der Waals surface area contributed by atoms with Crippen LogP contribution in [0.4, 0.5) is 8.78 Å². The van der Waals surface area contributed by atoms with Crippen LogP contribution in [0.5, 0.6) is 0 Å². The predicted octanol–water partition coefficient (Wildman–Crippen LogP) is 3.04. The van der Waals surface area contributed by atoms with Gasteiger partial charge in [-0.25, -0.2) is 8.78 Å². The maximum absolute atomic E-state index is 12.8. The van der Waals surface area contributed by atoms with Crippen molar-refractivity contribution in [3.8, 4) is 0 Å². The first-order valence-corrected chi connectivity index (χ1v) is 4.23.